The summed E-state index contributed by atoms with van der Waals surface area (Å²) in [6.07, 6.45) is 5.14. The maximum Gasteiger partial charge on any atom is 0.292 e. The van der Waals surface area contributed by atoms with E-state index in [4.69, 9.17) is 17.3 Å². The molecule has 180 valence electrons. The first-order valence-corrected chi connectivity index (χ1v) is 10.6. The Labute approximate surface area is 215 Å². The molecule has 3 N–H and O–H groups in total. The van der Waals surface area contributed by atoms with E-state index in [1.54, 1.807) is 0 Å². The number of fused-ring (bicyclic) bond motifs is 1. The Balaban J connectivity index is 0.00000128. The Hall–Kier alpha value is -1.91. The zero-order chi connectivity index (χ0) is 20.7. The fraction of sp³-hybridized carbons (Fsp3) is 0.450. The van der Waals surface area contributed by atoms with Gasteiger partial charge >= 0.3 is 0 Å². The van der Waals surface area contributed by atoms with E-state index in [1.165, 1.54) is 11.9 Å². The first-order valence-electron chi connectivity index (χ1n) is 10.2. The molecule has 33 heavy (non-hydrogen) atoms. The molecule has 2 aliphatic rings. The van der Waals surface area contributed by atoms with Gasteiger partial charge in [0.2, 0.25) is 11.6 Å². The van der Waals surface area contributed by atoms with Gasteiger partial charge in [-0.1, -0.05) is 23.7 Å². The van der Waals surface area contributed by atoms with Gasteiger partial charge in [0.05, 0.1) is 0 Å². The van der Waals surface area contributed by atoms with Gasteiger partial charge in [-0.2, -0.15) is 0 Å². The van der Waals surface area contributed by atoms with Gasteiger partial charge in [0.1, 0.15) is 6.33 Å². The second kappa shape index (κ2) is 11.0. The van der Waals surface area contributed by atoms with Crippen molar-refractivity contribution in [1.29, 1.82) is 0 Å². The molecule has 1 amide bonds. The van der Waals surface area contributed by atoms with Crippen LogP contribution in [0.2, 0.25) is 5.02 Å². The first-order chi connectivity index (χ1) is 14.6. The van der Waals surface area contributed by atoms with Crippen LogP contribution < -0.4 is 5.73 Å². The average Bonchev–Trinajstić information content (AvgIpc) is 3.44. The van der Waals surface area contributed by atoms with E-state index in [2.05, 4.69) is 31.4 Å². The van der Waals surface area contributed by atoms with Gasteiger partial charge in [0.15, 0.2) is 5.82 Å². The number of carbonyl (C=O) groups excluding carboxylic acids is 1. The topological polar surface area (TPSA) is 119 Å². The monoisotopic (exact) mass is 534 g/mol. The number of aromatic nitrogens is 6. The molecule has 1 aliphatic carbocycles. The zero-order valence-corrected chi connectivity index (χ0v) is 20.9. The first kappa shape index (κ1) is 27.3. The number of nitrogens with one attached hydrogen (secondary N) is 1. The lowest BCUT2D eigenvalue weighted by molar-refractivity contribution is 0.0523. The van der Waals surface area contributed by atoms with Crippen LogP contribution in [0, 0.1) is 0 Å². The van der Waals surface area contributed by atoms with Crippen LogP contribution in [-0.4, -0.2) is 59.9 Å². The number of amides is 1. The number of nitrogens with zero attached hydrogens (tertiary/aromatic N) is 6. The Kier molecular flexibility index (Phi) is 9.12. The third kappa shape index (κ3) is 4.83. The highest BCUT2D eigenvalue weighted by Crippen LogP contribution is 2.41. The highest BCUT2D eigenvalue weighted by atomic mass is 35.5. The van der Waals surface area contributed by atoms with Gasteiger partial charge in [0, 0.05) is 36.1 Å². The van der Waals surface area contributed by atoms with Crippen molar-refractivity contribution in [2.45, 2.75) is 43.7 Å². The van der Waals surface area contributed by atoms with Crippen molar-refractivity contribution in [2.75, 3.05) is 13.1 Å². The van der Waals surface area contributed by atoms with Crippen molar-refractivity contribution >= 4 is 54.7 Å². The highest BCUT2D eigenvalue weighted by molar-refractivity contribution is 6.30. The predicted molar refractivity (Wildman–Crippen MR) is 133 cm³/mol. The summed E-state index contributed by atoms with van der Waals surface area (Å²) >= 11 is 6.22. The number of halogens is 4. The molecule has 0 radical (unpaired) electrons. The average molecular weight is 536 g/mol. The predicted octanol–water partition coefficient (Wildman–Crippen LogP) is 3.28. The second-order valence-electron chi connectivity index (χ2n) is 8.06. The van der Waals surface area contributed by atoms with Gasteiger partial charge in [-0.15, -0.1) is 57.6 Å². The van der Waals surface area contributed by atoms with E-state index < -0.39 is 0 Å². The normalized spacial score (nSPS) is 21.9. The largest absolute Gasteiger partial charge is 0.331 e. The number of rotatable bonds is 4. The van der Waals surface area contributed by atoms with E-state index in [0.717, 1.165) is 30.7 Å². The van der Waals surface area contributed by atoms with Crippen LogP contribution in [0.4, 0.5) is 0 Å². The Morgan fingerprint density at radius 1 is 1.09 bits per heavy atom. The van der Waals surface area contributed by atoms with E-state index in [1.807, 2.05) is 27.7 Å². The van der Waals surface area contributed by atoms with Crippen LogP contribution in [-0.2, 0) is 12.0 Å². The minimum atomic E-state index is -0.0836. The number of carbonyl (C=O) groups is 1. The van der Waals surface area contributed by atoms with Crippen molar-refractivity contribution in [1.82, 2.24) is 34.8 Å². The molecule has 0 saturated heterocycles. The molecule has 1 saturated carbocycles. The molecule has 0 atom stereocenters. The summed E-state index contributed by atoms with van der Waals surface area (Å²) in [5, 5.41) is 16.8. The maximum atomic E-state index is 13.2. The zero-order valence-electron chi connectivity index (χ0n) is 17.7. The van der Waals surface area contributed by atoms with E-state index in [9.17, 15) is 4.79 Å². The standard InChI is InChI=1S/C20H23ClN8O.3ClH/c21-14-3-1-2-13(10-14)20(11-22)6-4-15(5-7-20)28-8-9-29-17(16-23-12-24-25-16)26-27-18(29)19(28)30;;;/h1-3,10,12,15H,4-9,11,22H2,(H,23,24,25);3*1H/t15-,20-;;;. The summed E-state index contributed by atoms with van der Waals surface area (Å²) in [5.74, 6) is 1.34. The van der Waals surface area contributed by atoms with Crippen LogP contribution in [0.1, 0.15) is 41.9 Å². The SMILES string of the molecule is Cl.Cl.Cl.NC[C@]1(c2cccc(Cl)c2)CC[C@H](N2CCn3c(nnc3-c3nnc[nH]3)C2=O)CC1. The summed E-state index contributed by atoms with van der Waals surface area (Å²) < 4.78 is 1.82. The summed E-state index contributed by atoms with van der Waals surface area (Å²) in [6, 6.07) is 8.17. The van der Waals surface area contributed by atoms with Crippen LogP contribution in [0.5, 0.6) is 0 Å². The molecule has 1 fully saturated rings. The molecule has 1 aromatic carbocycles. The second-order valence-corrected chi connectivity index (χ2v) is 8.50. The lowest BCUT2D eigenvalue weighted by atomic mass is 9.68. The van der Waals surface area contributed by atoms with Crippen LogP contribution >= 0.6 is 48.8 Å². The third-order valence-corrected chi connectivity index (χ3v) is 6.81. The minimum Gasteiger partial charge on any atom is -0.331 e. The third-order valence-electron chi connectivity index (χ3n) is 6.58. The highest BCUT2D eigenvalue weighted by Gasteiger charge is 2.41. The fourth-order valence-corrected chi connectivity index (χ4v) is 5.04. The summed E-state index contributed by atoms with van der Waals surface area (Å²) in [4.78, 5) is 18.0. The van der Waals surface area contributed by atoms with Crippen LogP contribution in [0.25, 0.3) is 11.6 Å². The van der Waals surface area contributed by atoms with Gasteiger partial charge in [-0.25, -0.2) is 0 Å². The van der Waals surface area contributed by atoms with Crippen molar-refractivity contribution < 1.29 is 4.79 Å². The van der Waals surface area contributed by atoms with Gasteiger partial charge in [0.25, 0.3) is 5.91 Å². The van der Waals surface area contributed by atoms with Crippen LogP contribution in [0.3, 0.4) is 0 Å². The van der Waals surface area contributed by atoms with Crippen molar-refractivity contribution in [2.24, 2.45) is 5.73 Å². The Morgan fingerprint density at radius 3 is 2.45 bits per heavy atom. The van der Waals surface area contributed by atoms with Crippen molar-refractivity contribution in [3.8, 4) is 11.6 Å². The number of nitrogens with two attached hydrogens (primary N) is 1. The fourth-order valence-electron chi connectivity index (χ4n) is 4.84. The number of aromatic amines is 1. The summed E-state index contributed by atoms with van der Waals surface area (Å²) in [7, 11) is 0. The molecule has 1 aliphatic heterocycles. The Bertz CT molecular complexity index is 1070. The smallest absolute Gasteiger partial charge is 0.292 e. The van der Waals surface area contributed by atoms with E-state index >= 15 is 0 Å². The summed E-state index contributed by atoms with van der Waals surface area (Å²) in [5.41, 5.74) is 7.33. The quantitative estimate of drug-likeness (QED) is 0.529. The number of benzene rings is 1. The van der Waals surface area contributed by atoms with Crippen molar-refractivity contribution in [3.63, 3.8) is 0 Å². The van der Waals surface area contributed by atoms with Crippen LogP contribution in [0.15, 0.2) is 30.6 Å². The molecule has 2 aromatic heterocycles. The molecule has 0 unspecified atom stereocenters. The molecule has 9 nitrogen and oxygen atoms in total. The molecule has 0 bridgehead atoms. The van der Waals surface area contributed by atoms with Crippen molar-refractivity contribution in [3.05, 3.63) is 47.0 Å². The number of hydrogen-bond donors (Lipinski definition) is 2. The molecular formula is C20H26Cl4N8O. The molecule has 13 heteroatoms. The molecule has 0 spiro atoms. The molecular weight excluding hydrogens is 510 g/mol. The number of H-pyrrole nitrogens is 1. The van der Waals surface area contributed by atoms with Gasteiger partial charge in [-0.3, -0.25) is 9.36 Å². The van der Waals surface area contributed by atoms with Gasteiger partial charge in [-0.05, 0) is 43.4 Å². The number of hydrogen-bond acceptors (Lipinski definition) is 6. The van der Waals surface area contributed by atoms with E-state index in [-0.39, 0.29) is 54.6 Å². The summed E-state index contributed by atoms with van der Waals surface area (Å²) in [6.45, 7) is 1.84. The molecule has 5 rings (SSSR count). The lowest BCUT2D eigenvalue weighted by Crippen LogP contribution is -2.50. The van der Waals surface area contributed by atoms with E-state index in [0.29, 0.717) is 37.1 Å². The maximum absolute atomic E-state index is 13.2. The lowest BCUT2D eigenvalue weighted by Gasteiger charge is -2.44. The molecule has 3 heterocycles. The Morgan fingerprint density at radius 2 is 1.82 bits per heavy atom. The molecule has 3 aromatic rings. The minimum absolute atomic E-state index is 0. The van der Waals surface area contributed by atoms with Gasteiger partial charge < -0.3 is 15.6 Å².